The molecule has 6 rings (SSSR count). The van der Waals surface area contributed by atoms with Crippen LogP contribution in [0.3, 0.4) is 0 Å². The van der Waals surface area contributed by atoms with Gasteiger partial charge in [0.15, 0.2) is 0 Å². The van der Waals surface area contributed by atoms with Gasteiger partial charge in [-0.2, -0.15) is 26.3 Å². The highest BCUT2D eigenvalue weighted by molar-refractivity contribution is 5.79. The van der Waals surface area contributed by atoms with E-state index < -0.39 is 24.3 Å². The molecule has 4 fully saturated rings. The summed E-state index contributed by atoms with van der Waals surface area (Å²) in [6.07, 6.45) is -2.92. The molecule has 1 aliphatic heterocycles. The number of rotatable bonds is 3. The summed E-state index contributed by atoms with van der Waals surface area (Å²) >= 11 is 0. The maximum atomic E-state index is 12.7. The summed E-state index contributed by atoms with van der Waals surface area (Å²) in [6, 6.07) is 8.38. The molecule has 0 radical (unpaired) electrons. The van der Waals surface area contributed by atoms with Crippen molar-refractivity contribution < 1.29 is 50.9 Å². The Bertz CT molecular complexity index is 998. The lowest BCUT2D eigenvalue weighted by Crippen LogP contribution is -2.68. The molecule has 0 spiro atoms. The van der Waals surface area contributed by atoms with Crippen LogP contribution in [0.15, 0.2) is 24.3 Å². The fourth-order valence-electron chi connectivity index (χ4n) is 6.42. The lowest BCUT2D eigenvalue weighted by Gasteiger charge is -2.61. The van der Waals surface area contributed by atoms with E-state index >= 15 is 0 Å². The third-order valence-electron chi connectivity index (χ3n) is 7.40. The van der Waals surface area contributed by atoms with Crippen LogP contribution in [0, 0.1) is 11.8 Å². The minimum atomic E-state index is -5.08. The van der Waals surface area contributed by atoms with Crippen LogP contribution in [-0.2, 0) is 27.5 Å². The minimum absolute atomic E-state index is 0.0318. The number of benzene rings is 1. The van der Waals surface area contributed by atoms with E-state index in [1.54, 1.807) is 0 Å². The standard InChI is InChI=1S/C20H27N3O.2C2HF3O2/c21-19-6-14-5-15(7-19)9-20(8-14,13-19)22-10-18(24)23-11-16-3-1-2-4-17(16)12-23;2*3-2(4,5)1(6)7/h1-4,14-15,22H,5-13,21H2;2*(H,6,7). The second-order valence-corrected chi connectivity index (χ2v) is 10.6. The van der Waals surface area contributed by atoms with Crippen molar-refractivity contribution in [1.29, 1.82) is 0 Å². The quantitative estimate of drug-likeness (QED) is 0.422. The number of nitrogens with one attached hydrogen (secondary N) is 1. The second-order valence-electron chi connectivity index (χ2n) is 10.6. The zero-order chi connectivity index (χ0) is 28.5. The highest BCUT2D eigenvalue weighted by Gasteiger charge is 2.56. The highest BCUT2D eigenvalue weighted by atomic mass is 19.4. The Morgan fingerprint density at radius 3 is 1.68 bits per heavy atom. The molecule has 5 N–H and O–H groups in total. The number of halogens is 6. The molecular formula is C24H29F6N3O5. The number of hydrogen-bond acceptors (Lipinski definition) is 5. The van der Waals surface area contributed by atoms with Crippen molar-refractivity contribution in [2.24, 2.45) is 17.6 Å². The largest absolute Gasteiger partial charge is 0.490 e. The van der Waals surface area contributed by atoms with Crippen molar-refractivity contribution in [3.05, 3.63) is 35.4 Å². The zero-order valence-corrected chi connectivity index (χ0v) is 20.2. The smallest absolute Gasteiger partial charge is 0.475 e. The van der Waals surface area contributed by atoms with Gasteiger partial charge in [-0.1, -0.05) is 24.3 Å². The van der Waals surface area contributed by atoms with E-state index in [1.807, 2.05) is 4.90 Å². The molecule has 2 atom stereocenters. The summed E-state index contributed by atoms with van der Waals surface area (Å²) in [5, 5.41) is 17.9. The second kappa shape index (κ2) is 10.7. The van der Waals surface area contributed by atoms with E-state index in [9.17, 15) is 31.1 Å². The molecule has 212 valence electrons. The van der Waals surface area contributed by atoms with Gasteiger partial charge in [-0.25, -0.2) is 9.59 Å². The van der Waals surface area contributed by atoms with E-state index in [0.717, 1.165) is 31.3 Å². The van der Waals surface area contributed by atoms with Gasteiger partial charge in [-0.15, -0.1) is 0 Å². The van der Waals surface area contributed by atoms with Crippen LogP contribution in [0.25, 0.3) is 0 Å². The maximum Gasteiger partial charge on any atom is 0.490 e. The SMILES string of the molecule is NC12CC3CC(C1)CC(NCC(=O)N1Cc4ccccc4C1)(C3)C2.O=C(O)C(F)(F)F.O=C(O)C(F)(F)F. The van der Waals surface area contributed by atoms with Gasteiger partial charge in [0.1, 0.15) is 0 Å². The molecule has 1 amide bonds. The average molecular weight is 554 g/mol. The fourth-order valence-corrected chi connectivity index (χ4v) is 6.42. The minimum Gasteiger partial charge on any atom is -0.475 e. The van der Waals surface area contributed by atoms with E-state index in [0.29, 0.717) is 6.54 Å². The van der Waals surface area contributed by atoms with E-state index in [-0.39, 0.29) is 17.0 Å². The maximum absolute atomic E-state index is 12.7. The molecule has 4 saturated carbocycles. The molecular weight excluding hydrogens is 524 g/mol. The molecule has 0 saturated heterocycles. The highest BCUT2D eigenvalue weighted by Crippen LogP contribution is 2.56. The molecule has 14 heteroatoms. The number of alkyl halides is 6. The number of aliphatic carboxylic acids is 2. The van der Waals surface area contributed by atoms with Crippen molar-refractivity contribution in [2.75, 3.05) is 6.54 Å². The van der Waals surface area contributed by atoms with Gasteiger partial charge in [0.05, 0.1) is 6.54 Å². The number of nitrogens with two attached hydrogens (primary N) is 1. The predicted molar refractivity (Wildman–Crippen MR) is 120 cm³/mol. The number of carbonyl (C=O) groups excluding carboxylic acids is 1. The topological polar surface area (TPSA) is 133 Å². The number of fused-ring (bicyclic) bond motifs is 1. The fraction of sp³-hybridized carbons (Fsp3) is 0.625. The Hall–Kier alpha value is -2.87. The predicted octanol–water partition coefficient (Wildman–Crippen LogP) is 3.44. The molecule has 1 heterocycles. The van der Waals surface area contributed by atoms with Gasteiger partial charge in [0, 0.05) is 24.2 Å². The molecule has 1 aromatic rings. The molecule has 38 heavy (non-hydrogen) atoms. The summed E-state index contributed by atoms with van der Waals surface area (Å²) in [6.45, 7) is 1.98. The first-order valence-corrected chi connectivity index (χ1v) is 11.9. The Kier molecular flexibility index (Phi) is 8.37. The summed E-state index contributed by atoms with van der Waals surface area (Å²) in [5.41, 5.74) is 9.40. The third kappa shape index (κ3) is 7.37. The number of amides is 1. The van der Waals surface area contributed by atoms with Gasteiger partial charge >= 0.3 is 24.3 Å². The summed E-state index contributed by atoms with van der Waals surface area (Å²) in [4.78, 5) is 32.5. The van der Waals surface area contributed by atoms with Gasteiger partial charge < -0.3 is 26.2 Å². The Morgan fingerprint density at radius 1 is 0.895 bits per heavy atom. The number of carbonyl (C=O) groups is 3. The van der Waals surface area contributed by atoms with Crippen LogP contribution in [0.2, 0.25) is 0 Å². The molecule has 0 aromatic heterocycles. The third-order valence-corrected chi connectivity index (χ3v) is 7.40. The van der Waals surface area contributed by atoms with Crippen molar-refractivity contribution >= 4 is 17.8 Å². The summed E-state index contributed by atoms with van der Waals surface area (Å²) in [7, 11) is 0. The van der Waals surface area contributed by atoms with Crippen LogP contribution in [0.5, 0.6) is 0 Å². The Labute approximate surface area is 214 Å². The van der Waals surface area contributed by atoms with Crippen molar-refractivity contribution in [2.45, 2.75) is 75.0 Å². The zero-order valence-electron chi connectivity index (χ0n) is 20.2. The first-order chi connectivity index (χ1) is 17.4. The van der Waals surface area contributed by atoms with Crippen LogP contribution in [0.4, 0.5) is 26.3 Å². The van der Waals surface area contributed by atoms with E-state index in [2.05, 4.69) is 29.6 Å². The van der Waals surface area contributed by atoms with Crippen molar-refractivity contribution in [3.63, 3.8) is 0 Å². The number of carboxylic acid groups (broad SMARTS) is 2. The number of nitrogens with zero attached hydrogens (tertiary/aromatic N) is 1. The van der Waals surface area contributed by atoms with Gasteiger partial charge in [0.25, 0.3) is 0 Å². The van der Waals surface area contributed by atoms with Crippen LogP contribution in [0.1, 0.15) is 49.7 Å². The van der Waals surface area contributed by atoms with Gasteiger partial charge in [-0.05, 0) is 61.5 Å². The molecule has 8 nitrogen and oxygen atoms in total. The van der Waals surface area contributed by atoms with E-state index in [4.69, 9.17) is 25.5 Å². The van der Waals surface area contributed by atoms with E-state index in [1.165, 1.54) is 43.2 Å². The number of carboxylic acids is 2. The first kappa shape index (κ1) is 29.7. The lowest BCUT2D eigenvalue weighted by atomic mass is 9.50. The lowest BCUT2D eigenvalue weighted by molar-refractivity contribution is -0.193. The Morgan fingerprint density at radius 2 is 1.32 bits per heavy atom. The monoisotopic (exact) mass is 553 g/mol. The summed E-state index contributed by atoms with van der Waals surface area (Å²) in [5.74, 6) is -3.74. The average Bonchev–Trinajstić information content (AvgIpc) is 3.20. The molecule has 1 aromatic carbocycles. The van der Waals surface area contributed by atoms with Crippen LogP contribution >= 0.6 is 0 Å². The van der Waals surface area contributed by atoms with Gasteiger partial charge in [0.2, 0.25) is 5.91 Å². The Balaban J connectivity index is 0.000000239. The van der Waals surface area contributed by atoms with Crippen LogP contribution in [-0.4, -0.2) is 62.9 Å². The molecule has 2 unspecified atom stereocenters. The summed E-state index contributed by atoms with van der Waals surface area (Å²) < 4.78 is 63.5. The first-order valence-electron chi connectivity index (χ1n) is 11.9. The number of hydrogen-bond donors (Lipinski definition) is 4. The van der Waals surface area contributed by atoms with Crippen molar-refractivity contribution in [3.8, 4) is 0 Å². The normalized spacial score (nSPS) is 29.0. The van der Waals surface area contributed by atoms with Crippen LogP contribution < -0.4 is 11.1 Å². The van der Waals surface area contributed by atoms with Gasteiger partial charge in [-0.3, -0.25) is 4.79 Å². The van der Waals surface area contributed by atoms with Crippen molar-refractivity contribution in [1.82, 2.24) is 10.2 Å². The molecule has 4 aliphatic carbocycles. The molecule has 4 bridgehead atoms. The molecule has 5 aliphatic rings.